The summed E-state index contributed by atoms with van der Waals surface area (Å²) in [5.74, 6) is 0.512. The lowest BCUT2D eigenvalue weighted by Gasteiger charge is -2.35. The third kappa shape index (κ3) is 7.16. The summed E-state index contributed by atoms with van der Waals surface area (Å²) in [6, 6.07) is 9.30. The third-order valence-corrected chi connectivity index (χ3v) is 6.74. The first-order chi connectivity index (χ1) is 14.4. The Balaban J connectivity index is 0.00000341. The van der Waals surface area contributed by atoms with E-state index in [0.29, 0.717) is 44.4 Å². The van der Waals surface area contributed by atoms with E-state index in [-0.39, 0.29) is 36.3 Å². The Morgan fingerprint density at radius 1 is 1.29 bits per heavy atom. The Morgan fingerprint density at radius 2 is 2.03 bits per heavy atom. The number of piperazine rings is 1. The van der Waals surface area contributed by atoms with E-state index in [4.69, 9.17) is 4.52 Å². The van der Waals surface area contributed by atoms with Crippen LogP contribution in [0.2, 0.25) is 0 Å². The van der Waals surface area contributed by atoms with Crippen molar-refractivity contribution in [2.75, 3.05) is 39.3 Å². The number of guanidine groups is 1. The summed E-state index contributed by atoms with van der Waals surface area (Å²) in [6.07, 6.45) is 0.676. The molecular weight excluding hydrogens is 533 g/mol. The number of aliphatic hydroxyl groups excluding tert-OH is 1. The molecular formula is C20H30IN5O4S. The van der Waals surface area contributed by atoms with Gasteiger partial charge in [-0.3, -0.25) is 4.99 Å². The molecule has 1 atom stereocenters. The molecule has 172 valence electrons. The van der Waals surface area contributed by atoms with Gasteiger partial charge in [-0.05, 0) is 19.4 Å². The van der Waals surface area contributed by atoms with Gasteiger partial charge in [-0.2, -0.15) is 4.31 Å². The number of hydrogen-bond donors (Lipinski definition) is 2. The van der Waals surface area contributed by atoms with Crippen molar-refractivity contribution in [2.45, 2.75) is 25.7 Å². The molecule has 2 aromatic rings. The summed E-state index contributed by atoms with van der Waals surface area (Å²) >= 11 is 0. The van der Waals surface area contributed by atoms with Crippen molar-refractivity contribution in [3.8, 4) is 0 Å². The van der Waals surface area contributed by atoms with E-state index in [1.807, 2.05) is 43.0 Å². The van der Waals surface area contributed by atoms with Gasteiger partial charge in [-0.25, -0.2) is 8.42 Å². The Hall–Kier alpha value is -1.70. The minimum Gasteiger partial charge on any atom is -0.386 e. The van der Waals surface area contributed by atoms with E-state index in [1.165, 1.54) is 10.6 Å². The maximum atomic E-state index is 12.6. The number of benzene rings is 1. The molecule has 1 aliphatic heterocycles. The number of aromatic nitrogens is 1. The van der Waals surface area contributed by atoms with Crippen LogP contribution in [0.4, 0.5) is 0 Å². The molecule has 1 fully saturated rings. The number of sulfonamides is 1. The van der Waals surface area contributed by atoms with Crippen molar-refractivity contribution < 1.29 is 18.0 Å². The molecule has 1 aromatic carbocycles. The second-order valence-electron chi connectivity index (χ2n) is 7.26. The summed E-state index contributed by atoms with van der Waals surface area (Å²) in [5, 5.41) is 17.4. The highest BCUT2D eigenvalue weighted by Gasteiger charge is 2.29. The molecule has 1 aliphatic rings. The van der Waals surface area contributed by atoms with E-state index >= 15 is 0 Å². The van der Waals surface area contributed by atoms with E-state index in [2.05, 4.69) is 15.5 Å². The third-order valence-electron chi connectivity index (χ3n) is 4.93. The first-order valence-electron chi connectivity index (χ1n) is 10.0. The van der Waals surface area contributed by atoms with Crippen LogP contribution in [0.3, 0.4) is 0 Å². The number of aryl methyl sites for hydroxylation is 1. The van der Waals surface area contributed by atoms with Crippen LogP contribution in [0.25, 0.3) is 0 Å². The first-order valence-corrected chi connectivity index (χ1v) is 11.6. The summed E-state index contributed by atoms with van der Waals surface area (Å²) in [4.78, 5) is 6.60. The normalized spacial score (nSPS) is 16.6. The van der Waals surface area contributed by atoms with Gasteiger partial charge in [0.25, 0.3) is 0 Å². The maximum absolute atomic E-state index is 12.6. The lowest BCUT2D eigenvalue weighted by atomic mass is 10.1. The monoisotopic (exact) mass is 563 g/mol. The van der Waals surface area contributed by atoms with Gasteiger partial charge >= 0.3 is 0 Å². The topological polar surface area (TPSA) is 111 Å². The highest BCUT2D eigenvalue weighted by molar-refractivity contribution is 14.0. The van der Waals surface area contributed by atoms with Crippen LogP contribution in [-0.4, -0.2) is 73.1 Å². The predicted octanol–water partition coefficient (Wildman–Crippen LogP) is 1.75. The van der Waals surface area contributed by atoms with Crippen molar-refractivity contribution in [1.29, 1.82) is 0 Å². The van der Waals surface area contributed by atoms with Crippen LogP contribution < -0.4 is 5.32 Å². The minimum absolute atomic E-state index is 0. The molecule has 0 spiro atoms. The predicted molar refractivity (Wildman–Crippen MR) is 130 cm³/mol. The van der Waals surface area contributed by atoms with Crippen LogP contribution in [0.15, 0.2) is 46.1 Å². The van der Waals surface area contributed by atoms with Crippen LogP contribution in [0.1, 0.15) is 29.8 Å². The molecule has 2 N–H and O–H groups in total. The average Bonchev–Trinajstić information content (AvgIpc) is 3.23. The number of nitrogens with one attached hydrogen (secondary N) is 1. The molecule has 0 radical (unpaired) electrons. The van der Waals surface area contributed by atoms with Crippen molar-refractivity contribution >= 4 is 40.0 Å². The smallest absolute Gasteiger partial charge is 0.220 e. The molecule has 1 aromatic heterocycles. The minimum atomic E-state index is -3.45. The fraction of sp³-hybridized carbons (Fsp3) is 0.500. The number of aliphatic imine (C=N–C) groups is 1. The van der Waals surface area contributed by atoms with Crippen LogP contribution in [-0.2, 0) is 15.8 Å². The van der Waals surface area contributed by atoms with Gasteiger partial charge in [0.05, 0.1) is 18.3 Å². The summed E-state index contributed by atoms with van der Waals surface area (Å²) in [5.41, 5.74) is 2.32. The number of nitrogens with zero attached hydrogens (tertiary/aromatic N) is 4. The number of hydrogen-bond acceptors (Lipinski definition) is 6. The maximum Gasteiger partial charge on any atom is 0.220 e. The zero-order valence-electron chi connectivity index (χ0n) is 17.8. The number of aliphatic hydroxyl groups is 1. The van der Waals surface area contributed by atoms with Crippen molar-refractivity contribution in [3.63, 3.8) is 0 Å². The Kier molecular flexibility index (Phi) is 9.72. The van der Waals surface area contributed by atoms with E-state index < -0.39 is 16.1 Å². The molecule has 31 heavy (non-hydrogen) atoms. The molecule has 0 amide bonds. The summed E-state index contributed by atoms with van der Waals surface area (Å²) < 4.78 is 31.4. The lowest BCUT2D eigenvalue weighted by molar-refractivity contribution is 0.186. The molecule has 0 saturated carbocycles. The second-order valence-corrected chi connectivity index (χ2v) is 9.23. The fourth-order valence-corrected chi connectivity index (χ4v) is 4.77. The zero-order chi connectivity index (χ0) is 21.6. The van der Waals surface area contributed by atoms with Crippen molar-refractivity contribution in [2.24, 2.45) is 4.99 Å². The molecule has 1 unspecified atom stereocenters. The first kappa shape index (κ1) is 25.6. The van der Waals surface area contributed by atoms with Gasteiger partial charge in [0.15, 0.2) is 5.96 Å². The summed E-state index contributed by atoms with van der Waals surface area (Å²) in [7, 11) is -3.45. The fourth-order valence-electron chi connectivity index (χ4n) is 3.35. The zero-order valence-corrected chi connectivity index (χ0v) is 20.9. The Morgan fingerprint density at radius 3 is 2.65 bits per heavy atom. The van der Waals surface area contributed by atoms with E-state index in [1.54, 1.807) is 6.07 Å². The quantitative estimate of drug-likeness (QED) is 0.300. The van der Waals surface area contributed by atoms with E-state index in [0.717, 1.165) is 11.1 Å². The molecule has 0 bridgehead atoms. The molecule has 9 nitrogen and oxygen atoms in total. The van der Waals surface area contributed by atoms with Gasteiger partial charge in [0.1, 0.15) is 12.0 Å². The molecule has 11 heteroatoms. The van der Waals surface area contributed by atoms with Gasteiger partial charge in [0, 0.05) is 38.8 Å². The largest absolute Gasteiger partial charge is 0.386 e. The van der Waals surface area contributed by atoms with E-state index in [9.17, 15) is 13.5 Å². The molecule has 2 heterocycles. The van der Waals surface area contributed by atoms with Gasteiger partial charge < -0.3 is 19.8 Å². The second kappa shape index (κ2) is 11.8. The van der Waals surface area contributed by atoms with Gasteiger partial charge in [-0.15, -0.1) is 24.0 Å². The van der Waals surface area contributed by atoms with Crippen molar-refractivity contribution in [3.05, 3.63) is 53.4 Å². The molecule has 0 aliphatic carbocycles. The van der Waals surface area contributed by atoms with Crippen molar-refractivity contribution in [1.82, 2.24) is 19.7 Å². The summed E-state index contributed by atoms with van der Waals surface area (Å²) in [6.45, 7) is 6.65. The molecule has 1 saturated heterocycles. The SMILES string of the molecule is CCNC(=NCC(O)c1cccc(C)c1)N1CCN(S(=O)(=O)Cc2ccon2)CC1.I. The number of rotatable bonds is 7. The van der Waals surface area contributed by atoms with Gasteiger partial charge in [0.2, 0.25) is 10.0 Å². The highest BCUT2D eigenvalue weighted by Crippen LogP contribution is 2.16. The van der Waals surface area contributed by atoms with Crippen LogP contribution in [0, 0.1) is 6.92 Å². The van der Waals surface area contributed by atoms with Crippen LogP contribution >= 0.6 is 24.0 Å². The van der Waals surface area contributed by atoms with Gasteiger partial charge in [-0.1, -0.05) is 35.0 Å². The lowest BCUT2D eigenvalue weighted by Crippen LogP contribution is -2.54. The highest BCUT2D eigenvalue weighted by atomic mass is 127. The van der Waals surface area contributed by atoms with Crippen LogP contribution in [0.5, 0.6) is 0 Å². The number of halogens is 1. The molecule has 3 rings (SSSR count). The Bertz CT molecular complexity index is 944. The Labute approximate surface area is 200 Å². The average molecular weight is 563 g/mol. The standard InChI is InChI=1S/C20H29N5O4S.HI/c1-3-21-20(22-14-19(26)17-6-4-5-16(2)13-17)24-8-10-25(11-9-24)30(27,28)15-18-7-12-29-23-18;/h4-7,12-13,19,26H,3,8-11,14-15H2,1-2H3,(H,21,22);1H.